The number of aromatic hydroxyl groups is 3. The Morgan fingerprint density at radius 3 is 2.19 bits per heavy atom. The van der Waals surface area contributed by atoms with E-state index in [4.69, 9.17) is 4.42 Å². The third-order valence-electron chi connectivity index (χ3n) is 4.92. The summed E-state index contributed by atoms with van der Waals surface area (Å²) in [5, 5.41) is 29.7. The van der Waals surface area contributed by atoms with Crippen molar-refractivity contribution in [1.82, 2.24) is 4.98 Å². The molecular weight excluding hydrogens is 414 g/mol. The maximum absolute atomic E-state index is 13.3. The summed E-state index contributed by atoms with van der Waals surface area (Å²) in [4.78, 5) is 17.8. The van der Waals surface area contributed by atoms with Crippen molar-refractivity contribution in [2.75, 3.05) is 0 Å². The fourth-order valence-corrected chi connectivity index (χ4v) is 4.67. The number of carbonyl (C=O) groups excluding carboxylic acids is 1. The van der Waals surface area contributed by atoms with Crippen molar-refractivity contribution in [2.45, 2.75) is 0 Å². The number of ketones is 1. The highest BCUT2D eigenvalue weighted by atomic mass is 32.1. The van der Waals surface area contributed by atoms with Gasteiger partial charge in [0.15, 0.2) is 6.26 Å². The molecule has 0 radical (unpaired) electrons. The highest BCUT2D eigenvalue weighted by Crippen LogP contribution is 2.41. The Morgan fingerprint density at radius 2 is 1.52 bits per heavy atom. The Balaban J connectivity index is 1.65. The van der Waals surface area contributed by atoms with Gasteiger partial charge in [-0.05, 0) is 60.2 Å². The molecule has 0 aliphatic rings. The van der Waals surface area contributed by atoms with Crippen LogP contribution < -0.4 is 0 Å². The monoisotopic (exact) mass is 429 g/mol. The molecule has 0 unspecified atom stereocenters. The summed E-state index contributed by atoms with van der Waals surface area (Å²) in [6.45, 7) is 0. The van der Waals surface area contributed by atoms with Gasteiger partial charge in [0.05, 0.1) is 4.88 Å². The zero-order valence-corrected chi connectivity index (χ0v) is 16.8. The lowest BCUT2D eigenvalue weighted by molar-refractivity contribution is 0.104. The Kier molecular flexibility index (Phi) is 4.45. The second kappa shape index (κ2) is 7.30. The smallest absolute Gasteiger partial charge is 0.250 e. The zero-order chi connectivity index (χ0) is 21.5. The number of thiophene rings is 1. The molecule has 0 bridgehead atoms. The maximum atomic E-state index is 13.3. The van der Waals surface area contributed by atoms with Gasteiger partial charge in [0.1, 0.15) is 11.5 Å². The van der Waals surface area contributed by atoms with Crippen LogP contribution in [0.1, 0.15) is 15.2 Å². The van der Waals surface area contributed by atoms with Crippen molar-refractivity contribution in [3.05, 3.63) is 83.4 Å². The molecule has 0 fully saturated rings. The van der Waals surface area contributed by atoms with E-state index in [1.807, 2.05) is 12.1 Å². The number of phenolic OH excluding ortho intramolecular Hbond substituents is 2. The van der Waals surface area contributed by atoms with Gasteiger partial charge >= 0.3 is 0 Å². The Hall–Kier alpha value is -4.10. The first kappa shape index (κ1) is 18.9. The van der Waals surface area contributed by atoms with Gasteiger partial charge in [0.2, 0.25) is 11.7 Å². The Bertz CT molecular complexity index is 1420. The number of hydrogen-bond acceptors (Lipinski definition) is 7. The second-order valence-corrected chi connectivity index (χ2v) is 8.00. The van der Waals surface area contributed by atoms with E-state index in [0.717, 1.165) is 27.5 Å². The molecule has 0 spiro atoms. The first-order valence-corrected chi connectivity index (χ1v) is 10.2. The van der Waals surface area contributed by atoms with Crippen LogP contribution in [0.2, 0.25) is 0 Å². The third kappa shape index (κ3) is 3.41. The van der Waals surface area contributed by atoms with Crippen molar-refractivity contribution in [1.29, 1.82) is 0 Å². The molecule has 6 nitrogen and oxygen atoms in total. The summed E-state index contributed by atoms with van der Waals surface area (Å²) in [6, 6.07) is 18.5. The van der Waals surface area contributed by atoms with E-state index in [1.54, 1.807) is 42.5 Å². The summed E-state index contributed by atoms with van der Waals surface area (Å²) >= 11 is 1.31. The largest absolute Gasteiger partial charge is 0.508 e. The van der Waals surface area contributed by atoms with Gasteiger partial charge in [-0.3, -0.25) is 4.79 Å². The molecule has 31 heavy (non-hydrogen) atoms. The molecule has 5 aromatic rings. The SMILES string of the molecule is O=C(c1ccc(O)cc1)c1sc2cc(O)ccc2c1-c1ccc(-c2nc(O)co2)cc1. The van der Waals surface area contributed by atoms with Gasteiger partial charge in [0, 0.05) is 26.8 Å². The summed E-state index contributed by atoms with van der Waals surface area (Å²) in [5.41, 5.74) is 2.73. The molecule has 7 heteroatoms. The molecule has 3 aromatic carbocycles. The van der Waals surface area contributed by atoms with Crippen molar-refractivity contribution < 1.29 is 24.5 Å². The quantitative estimate of drug-likeness (QED) is 0.323. The molecule has 2 heterocycles. The maximum Gasteiger partial charge on any atom is 0.250 e. The number of fused-ring (bicyclic) bond motifs is 1. The van der Waals surface area contributed by atoms with Gasteiger partial charge in [-0.25, -0.2) is 0 Å². The normalized spacial score (nSPS) is 11.1. The average molecular weight is 429 g/mol. The van der Waals surface area contributed by atoms with Crippen molar-refractivity contribution in [2.24, 2.45) is 0 Å². The number of hydrogen-bond donors (Lipinski definition) is 3. The van der Waals surface area contributed by atoms with E-state index in [1.165, 1.54) is 23.5 Å². The summed E-state index contributed by atoms with van der Waals surface area (Å²) in [5.74, 6) is 0.153. The van der Waals surface area contributed by atoms with Gasteiger partial charge in [-0.2, -0.15) is 4.98 Å². The first-order chi connectivity index (χ1) is 15.0. The number of phenols is 2. The molecule has 0 aliphatic carbocycles. The molecule has 5 rings (SSSR count). The minimum absolute atomic E-state index is 0.0891. The number of nitrogens with zero attached hydrogens (tertiary/aromatic N) is 1. The summed E-state index contributed by atoms with van der Waals surface area (Å²) in [7, 11) is 0. The fourth-order valence-electron chi connectivity index (χ4n) is 3.45. The van der Waals surface area contributed by atoms with Crippen LogP contribution in [-0.2, 0) is 0 Å². The third-order valence-corrected chi connectivity index (χ3v) is 6.07. The molecule has 0 atom stereocenters. The van der Waals surface area contributed by atoms with Crippen molar-refractivity contribution in [3.8, 4) is 40.0 Å². The number of rotatable bonds is 4. The topological polar surface area (TPSA) is 104 Å². The Morgan fingerprint density at radius 1 is 0.839 bits per heavy atom. The standard InChI is InChI=1S/C24H15NO5S/c26-16-7-5-14(6-8-16)22(29)23-21(18-10-9-17(27)11-19(18)31-23)13-1-3-15(4-2-13)24-25-20(28)12-30-24/h1-12,26-28H. The summed E-state index contributed by atoms with van der Waals surface area (Å²) in [6.07, 6.45) is 1.16. The van der Waals surface area contributed by atoms with Crippen LogP contribution >= 0.6 is 11.3 Å². The Labute approximate surface area is 180 Å². The van der Waals surface area contributed by atoms with Crippen LogP contribution in [0.4, 0.5) is 0 Å². The molecule has 0 saturated carbocycles. The fraction of sp³-hybridized carbons (Fsp3) is 0. The predicted molar refractivity (Wildman–Crippen MR) is 118 cm³/mol. The van der Waals surface area contributed by atoms with Crippen molar-refractivity contribution >= 4 is 27.2 Å². The van der Waals surface area contributed by atoms with Crippen molar-refractivity contribution in [3.63, 3.8) is 0 Å². The van der Waals surface area contributed by atoms with Crippen LogP contribution in [0.15, 0.2) is 77.4 Å². The summed E-state index contributed by atoms with van der Waals surface area (Å²) < 4.78 is 6.02. The van der Waals surface area contributed by atoms with Crippen LogP contribution in [0.5, 0.6) is 17.4 Å². The predicted octanol–water partition coefficient (Wildman–Crippen LogP) is 5.57. The van der Waals surface area contributed by atoms with Gasteiger partial charge < -0.3 is 19.7 Å². The minimum atomic E-state index is -0.190. The van der Waals surface area contributed by atoms with E-state index < -0.39 is 0 Å². The van der Waals surface area contributed by atoms with Gasteiger partial charge in [-0.1, -0.05) is 12.1 Å². The lowest BCUT2D eigenvalue weighted by Gasteiger charge is -2.06. The molecule has 152 valence electrons. The van der Waals surface area contributed by atoms with Crippen LogP contribution in [0.3, 0.4) is 0 Å². The average Bonchev–Trinajstić information content (AvgIpc) is 3.37. The molecule has 0 amide bonds. The highest BCUT2D eigenvalue weighted by molar-refractivity contribution is 7.21. The van der Waals surface area contributed by atoms with Crippen LogP contribution in [0.25, 0.3) is 32.7 Å². The van der Waals surface area contributed by atoms with E-state index in [2.05, 4.69) is 4.98 Å². The van der Waals surface area contributed by atoms with E-state index in [9.17, 15) is 20.1 Å². The van der Waals surface area contributed by atoms with Gasteiger partial charge in [0.25, 0.3) is 5.88 Å². The number of oxazole rings is 1. The number of aromatic nitrogens is 1. The molecule has 3 N–H and O–H groups in total. The van der Waals surface area contributed by atoms with Crippen LogP contribution in [0, 0.1) is 0 Å². The number of carbonyl (C=O) groups is 1. The van der Waals surface area contributed by atoms with E-state index >= 15 is 0 Å². The van der Waals surface area contributed by atoms with E-state index in [-0.39, 0.29) is 23.2 Å². The molecular formula is C24H15NO5S. The zero-order valence-electron chi connectivity index (χ0n) is 15.9. The molecule has 2 aromatic heterocycles. The minimum Gasteiger partial charge on any atom is -0.508 e. The number of benzene rings is 3. The second-order valence-electron chi connectivity index (χ2n) is 6.95. The lowest BCUT2D eigenvalue weighted by Crippen LogP contribution is -2.00. The first-order valence-electron chi connectivity index (χ1n) is 9.34. The lowest BCUT2D eigenvalue weighted by atomic mass is 9.97. The highest BCUT2D eigenvalue weighted by Gasteiger charge is 2.21. The molecule has 0 saturated heterocycles. The van der Waals surface area contributed by atoms with Crippen LogP contribution in [-0.4, -0.2) is 26.1 Å². The molecule has 0 aliphatic heterocycles. The van der Waals surface area contributed by atoms with Gasteiger partial charge in [-0.15, -0.1) is 11.3 Å². The van der Waals surface area contributed by atoms with E-state index in [0.29, 0.717) is 21.9 Å².